The first kappa shape index (κ1) is 13.5. The van der Waals surface area contributed by atoms with Gasteiger partial charge in [-0.1, -0.05) is 42.5 Å². The van der Waals surface area contributed by atoms with Crippen LogP contribution in [0.2, 0.25) is 0 Å². The average molecular weight is 275 g/mol. The first-order valence-corrected chi connectivity index (χ1v) is 7.21. The van der Waals surface area contributed by atoms with Crippen LogP contribution in [0, 0.1) is 0 Å². The molecule has 0 aliphatic heterocycles. The van der Waals surface area contributed by atoms with Gasteiger partial charge < -0.3 is 4.79 Å². The molecular weight excluding hydrogens is 258 g/mol. The molecule has 0 atom stereocenters. The van der Waals surface area contributed by atoms with Crippen molar-refractivity contribution in [2.45, 2.75) is 19.3 Å². The van der Waals surface area contributed by atoms with Gasteiger partial charge in [-0.3, -0.25) is 4.98 Å². The zero-order valence-electron chi connectivity index (χ0n) is 11.8. The standard InChI is InChI=1S/C19H17NO/c21-14-12-16-7-5-15(6-8-16)9-10-17-11-13-20-19-4-2-1-3-18(17)19/h1-8,11,13-14H,9-10,12H2. The fraction of sp³-hybridized carbons (Fsp3) is 0.158. The summed E-state index contributed by atoms with van der Waals surface area (Å²) in [6.07, 6.45) is 5.31. The van der Waals surface area contributed by atoms with Crippen molar-refractivity contribution in [3.05, 3.63) is 77.5 Å². The minimum Gasteiger partial charge on any atom is -0.303 e. The Morgan fingerprint density at radius 1 is 0.857 bits per heavy atom. The van der Waals surface area contributed by atoms with Crippen LogP contribution in [0.3, 0.4) is 0 Å². The second-order valence-corrected chi connectivity index (χ2v) is 5.17. The molecule has 0 bridgehead atoms. The van der Waals surface area contributed by atoms with Crippen LogP contribution in [0.4, 0.5) is 0 Å². The highest BCUT2D eigenvalue weighted by molar-refractivity contribution is 5.81. The molecule has 2 aromatic carbocycles. The summed E-state index contributed by atoms with van der Waals surface area (Å²) in [5.41, 5.74) is 4.75. The van der Waals surface area contributed by atoms with Gasteiger partial charge in [0.25, 0.3) is 0 Å². The molecule has 0 amide bonds. The van der Waals surface area contributed by atoms with Gasteiger partial charge in [0.05, 0.1) is 5.52 Å². The number of para-hydroxylation sites is 1. The molecule has 0 radical (unpaired) electrons. The number of aromatic nitrogens is 1. The van der Waals surface area contributed by atoms with Gasteiger partial charge in [-0.05, 0) is 41.7 Å². The Labute approximate surface area is 124 Å². The van der Waals surface area contributed by atoms with E-state index in [1.165, 1.54) is 16.5 Å². The Bertz CT molecular complexity index is 742. The van der Waals surface area contributed by atoms with Crippen molar-refractivity contribution in [1.29, 1.82) is 0 Å². The van der Waals surface area contributed by atoms with Gasteiger partial charge in [0.2, 0.25) is 0 Å². The number of rotatable bonds is 5. The molecule has 0 saturated heterocycles. The molecule has 2 heteroatoms. The number of carbonyl (C=O) groups excluding carboxylic acids is 1. The van der Waals surface area contributed by atoms with Gasteiger partial charge in [0.15, 0.2) is 0 Å². The minimum atomic E-state index is 0.495. The Hall–Kier alpha value is -2.48. The molecule has 0 N–H and O–H groups in total. The van der Waals surface area contributed by atoms with Crippen LogP contribution in [0.15, 0.2) is 60.8 Å². The van der Waals surface area contributed by atoms with E-state index in [0.29, 0.717) is 6.42 Å². The van der Waals surface area contributed by atoms with E-state index in [1.807, 2.05) is 30.5 Å². The Morgan fingerprint density at radius 2 is 1.62 bits per heavy atom. The van der Waals surface area contributed by atoms with Crippen molar-refractivity contribution < 1.29 is 4.79 Å². The Kier molecular flexibility index (Phi) is 4.06. The van der Waals surface area contributed by atoms with Crippen molar-refractivity contribution in [3.63, 3.8) is 0 Å². The number of aryl methyl sites for hydroxylation is 2. The van der Waals surface area contributed by atoms with Gasteiger partial charge in [-0.25, -0.2) is 0 Å². The molecule has 0 saturated carbocycles. The lowest BCUT2D eigenvalue weighted by Crippen LogP contribution is -1.94. The number of pyridine rings is 1. The van der Waals surface area contributed by atoms with Gasteiger partial charge >= 0.3 is 0 Å². The summed E-state index contributed by atoms with van der Waals surface area (Å²) < 4.78 is 0. The molecule has 2 nitrogen and oxygen atoms in total. The van der Waals surface area contributed by atoms with E-state index in [2.05, 4.69) is 35.3 Å². The maximum Gasteiger partial charge on any atom is 0.124 e. The van der Waals surface area contributed by atoms with Crippen LogP contribution in [0.25, 0.3) is 10.9 Å². The molecule has 104 valence electrons. The molecule has 0 fully saturated rings. The van der Waals surface area contributed by atoms with E-state index in [1.54, 1.807) is 0 Å². The third-order valence-corrected chi connectivity index (χ3v) is 3.76. The van der Waals surface area contributed by atoms with Crippen molar-refractivity contribution in [2.75, 3.05) is 0 Å². The molecule has 0 aliphatic rings. The number of aldehydes is 1. The zero-order valence-corrected chi connectivity index (χ0v) is 11.8. The fourth-order valence-corrected chi connectivity index (χ4v) is 2.59. The number of nitrogens with zero attached hydrogens (tertiary/aromatic N) is 1. The highest BCUT2D eigenvalue weighted by Crippen LogP contribution is 2.18. The van der Waals surface area contributed by atoms with Gasteiger partial charge in [-0.15, -0.1) is 0 Å². The zero-order chi connectivity index (χ0) is 14.5. The number of fused-ring (bicyclic) bond motifs is 1. The summed E-state index contributed by atoms with van der Waals surface area (Å²) in [6, 6.07) is 18.7. The summed E-state index contributed by atoms with van der Waals surface area (Å²) >= 11 is 0. The van der Waals surface area contributed by atoms with Gasteiger partial charge in [-0.2, -0.15) is 0 Å². The first-order valence-electron chi connectivity index (χ1n) is 7.21. The normalized spacial score (nSPS) is 10.7. The summed E-state index contributed by atoms with van der Waals surface area (Å²) in [6.45, 7) is 0. The summed E-state index contributed by atoms with van der Waals surface area (Å²) in [5.74, 6) is 0. The molecule has 3 rings (SSSR count). The predicted molar refractivity (Wildman–Crippen MR) is 85.4 cm³/mol. The first-order chi connectivity index (χ1) is 10.4. The summed E-state index contributed by atoms with van der Waals surface area (Å²) in [4.78, 5) is 14.9. The number of carbonyl (C=O) groups is 1. The SMILES string of the molecule is O=CCc1ccc(CCc2ccnc3ccccc23)cc1. The van der Waals surface area contributed by atoms with Crippen molar-refractivity contribution in [1.82, 2.24) is 4.98 Å². The van der Waals surface area contributed by atoms with E-state index in [0.717, 1.165) is 30.2 Å². The van der Waals surface area contributed by atoms with E-state index in [-0.39, 0.29) is 0 Å². The Balaban J connectivity index is 1.75. The largest absolute Gasteiger partial charge is 0.303 e. The third kappa shape index (κ3) is 3.16. The Morgan fingerprint density at radius 3 is 2.43 bits per heavy atom. The number of hydrogen-bond acceptors (Lipinski definition) is 2. The third-order valence-electron chi connectivity index (χ3n) is 3.76. The van der Waals surface area contributed by atoms with Crippen molar-refractivity contribution in [3.8, 4) is 0 Å². The van der Waals surface area contributed by atoms with Crippen LogP contribution in [0.1, 0.15) is 16.7 Å². The number of hydrogen-bond donors (Lipinski definition) is 0. The van der Waals surface area contributed by atoms with Crippen LogP contribution >= 0.6 is 0 Å². The topological polar surface area (TPSA) is 30.0 Å². The van der Waals surface area contributed by atoms with Crippen LogP contribution in [-0.4, -0.2) is 11.3 Å². The average Bonchev–Trinajstić information content (AvgIpc) is 2.54. The highest BCUT2D eigenvalue weighted by atomic mass is 16.1. The monoisotopic (exact) mass is 275 g/mol. The summed E-state index contributed by atoms with van der Waals surface area (Å²) in [7, 11) is 0. The van der Waals surface area contributed by atoms with E-state index in [4.69, 9.17) is 0 Å². The highest BCUT2D eigenvalue weighted by Gasteiger charge is 2.02. The molecule has 0 aliphatic carbocycles. The smallest absolute Gasteiger partial charge is 0.124 e. The maximum atomic E-state index is 10.5. The van der Waals surface area contributed by atoms with Gasteiger partial charge in [0, 0.05) is 18.0 Å². The second-order valence-electron chi connectivity index (χ2n) is 5.17. The fourth-order valence-electron chi connectivity index (χ4n) is 2.59. The van der Waals surface area contributed by atoms with Crippen molar-refractivity contribution in [2.24, 2.45) is 0 Å². The molecule has 1 heterocycles. The molecular formula is C19H17NO. The second kappa shape index (κ2) is 6.31. The molecule has 0 spiro atoms. The predicted octanol–water partition coefficient (Wildman–Crippen LogP) is 3.76. The maximum absolute atomic E-state index is 10.5. The van der Waals surface area contributed by atoms with Crippen molar-refractivity contribution >= 4 is 17.2 Å². The van der Waals surface area contributed by atoms with Crippen LogP contribution in [-0.2, 0) is 24.1 Å². The minimum absolute atomic E-state index is 0.495. The van der Waals surface area contributed by atoms with E-state index < -0.39 is 0 Å². The van der Waals surface area contributed by atoms with E-state index >= 15 is 0 Å². The van der Waals surface area contributed by atoms with Gasteiger partial charge in [0.1, 0.15) is 6.29 Å². The molecule has 21 heavy (non-hydrogen) atoms. The lowest BCUT2D eigenvalue weighted by molar-refractivity contribution is -0.107. The molecule has 3 aromatic rings. The van der Waals surface area contributed by atoms with Crippen LogP contribution < -0.4 is 0 Å². The lowest BCUT2D eigenvalue weighted by Gasteiger charge is -2.06. The number of benzene rings is 2. The lowest BCUT2D eigenvalue weighted by atomic mass is 10.0. The van der Waals surface area contributed by atoms with Crippen LogP contribution in [0.5, 0.6) is 0 Å². The molecule has 0 unspecified atom stereocenters. The summed E-state index contributed by atoms with van der Waals surface area (Å²) in [5, 5.41) is 1.23. The quantitative estimate of drug-likeness (QED) is 0.664. The van der Waals surface area contributed by atoms with E-state index in [9.17, 15) is 4.79 Å². The molecule has 1 aromatic heterocycles.